The standard InChI is InChI=1S/C5H11N3O/c6-5(7)8-3-1-2-4(8)9/h4,9H,1-3H2,(H3,6,7). The van der Waals surface area contributed by atoms with Crippen molar-refractivity contribution in [2.45, 2.75) is 19.1 Å². The molecule has 1 saturated heterocycles. The predicted octanol–water partition coefficient (Wildman–Crippen LogP) is -0.706. The Morgan fingerprint density at radius 1 is 1.78 bits per heavy atom. The Morgan fingerprint density at radius 3 is 2.67 bits per heavy atom. The van der Waals surface area contributed by atoms with E-state index in [1.54, 1.807) is 0 Å². The minimum atomic E-state index is -0.512. The van der Waals surface area contributed by atoms with Crippen LogP contribution in [0.1, 0.15) is 12.8 Å². The van der Waals surface area contributed by atoms with Gasteiger partial charge in [0.05, 0.1) is 0 Å². The number of nitrogens with one attached hydrogen (secondary N) is 1. The normalized spacial score (nSPS) is 26.8. The fraction of sp³-hybridized carbons (Fsp3) is 0.800. The van der Waals surface area contributed by atoms with Gasteiger partial charge in [0.2, 0.25) is 0 Å². The van der Waals surface area contributed by atoms with Crippen LogP contribution in [0.5, 0.6) is 0 Å². The predicted molar refractivity (Wildman–Crippen MR) is 33.9 cm³/mol. The number of guanidine groups is 1. The second-order valence-corrected chi connectivity index (χ2v) is 2.20. The topological polar surface area (TPSA) is 73.3 Å². The fourth-order valence-corrected chi connectivity index (χ4v) is 1.03. The van der Waals surface area contributed by atoms with Gasteiger partial charge in [0.25, 0.3) is 0 Å². The van der Waals surface area contributed by atoms with Crippen LogP contribution in [0.15, 0.2) is 0 Å². The molecule has 1 aliphatic rings. The van der Waals surface area contributed by atoms with Crippen LogP contribution in [0.4, 0.5) is 0 Å². The fourth-order valence-electron chi connectivity index (χ4n) is 1.03. The lowest BCUT2D eigenvalue weighted by atomic mass is 10.4. The maximum absolute atomic E-state index is 9.06. The summed E-state index contributed by atoms with van der Waals surface area (Å²) < 4.78 is 0. The highest BCUT2D eigenvalue weighted by Crippen LogP contribution is 2.12. The van der Waals surface area contributed by atoms with Crippen molar-refractivity contribution in [2.75, 3.05) is 6.54 Å². The van der Waals surface area contributed by atoms with E-state index in [0.717, 1.165) is 19.4 Å². The third kappa shape index (κ3) is 1.13. The average Bonchev–Trinajstić information content (AvgIpc) is 2.13. The minimum absolute atomic E-state index is 0.0278. The highest BCUT2D eigenvalue weighted by molar-refractivity contribution is 5.74. The number of aliphatic hydroxyl groups is 1. The molecule has 4 nitrogen and oxygen atoms in total. The van der Waals surface area contributed by atoms with Crippen molar-refractivity contribution in [2.24, 2.45) is 5.73 Å². The maximum Gasteiger partial charge on any atom is 0.190 e. The van der Waals surface area contributed by atoms with Crippen molar-refractivity contribution >= 4 is 5.96 Å². The molecule has 1 unspecified atom stereocenters. The van der Waals surface area contributed by atoms with Crippen LogP contribution >= 0.6 is 0 Å². The van der Waals surface area contributed by atoms with Crippen molar-refractivity contribution in [3.8, 4) is 0 Å². The summed E-state index contributed by atoms with van der Waals surface area (Å²) in [6, 6.07) is 0. The molecule has 0 aliphatic carbocycles. The van der Waals surface area contributed by atoms with Gasteiger partial charge in [-0.05, 0) is 12.8 Å². The molecule has 0 aromatic carbocycles. The van der Waals surface area contributed by atoms with Crippen molar-refractivity contribution in [1.82, 2.24) is 4.90 Å². The van der Waals surface area contributed by atoms with Gasteiger partial charge in [-0.25, -0.2) is 0 Å². The summed E-state index contributed by atoms with van der Waals surface area (Å²) in [4.78, 5) is 1.49. The van der Waals surface area contributed by atoms with Gasteiger partial charge in [-0.1, -0.05) is 0 Å². The Bertz CT molecular complexity index is 125. The SMILES string of the molecule is N=C(N)N1CCCC1O. The van der Waals surface area contributed by atoms with Gasteiger partial charge >= 0.3 is 0 Å². The van der Waals surface area contributed by atoms with Gasteiger partial charge in [0, 0.05) is 6.54 Å². The van der Waals surface area contributed by atoms with Crippen LogP contribution in [0, 0.1) is 5.41 Å². The first-order chi connectivity index (χ1) is 4.22. The summed E-state index contributed by atoms with van der Waals surface area (Å²) >= 11 is 0. The summed E-state index contributed by atoms with van der Waals surface area (Å²) in [5.41, 5.74) is 5.14. The van der Waals surface area contributed by atoms with E-state index in [4.69, 9.17) is 16.2 Å². The zero-order valence-corrected chi connectivity index (χ0v) is 5.17. The molecule has 0 aromatic heterocycles. The van der Waals surface area contributed by atoms with Gasteiger partial charge in [-0.15, -0.1) is 0 Å². The molecule has 0 bridgehead atoms. The number of hydrogen-bond donors (Lipinski definition) is 3. The molecule has 0 amide bonds. The van der Waals surface area contributed by atoms with Crippen molar-refractivity contribution < 1.29 is 5.11 Å². The second kappa shape index (κ2) is 2.23. The van der Waals surface area contributed by atoms with Crippen molar-refractivity contribution in [3.05, 3.63) is 0 Å². The number of likely N-dealkylation sites (tertiary alicyclic amines) is 1. The number of nitrogens with two attached hydrogens (primary N) is 1. The van der Waals surface area contributed by atoms with E-state index in [0.29, 0.717) is 0 Å². The molecule has 0 aromatic rings. The largest absolute Gasteiger partial charge is 0.374 e. The molecule has 4 heteroatoms. The van der Waals surface area contributed by atoms with Gasteiger partial charge < -0.3 is 15.7 Å². The molecule has 1 atom stereocenters. The Morgan fingerprint density at radius 2 is 2.44 bits per heavy atom. The molecule has 4 N–H and O–H groups in total. The van der Waals surface area contributed by atoms with Crippen LogP contribution in [-0.2, 0) is 0 Å². The van der Waals surface area contributed by atoms with E-state index in [-0.39, 0.29) is 5.96 Å². The molecule has 1 rings (SSSR count). The molecule has 0 saturated carbocycles. The van der Waals surface area contributed by atoms with Crippen LogP contribution in [0.3, 0.4) is 0 Å². The first-order valence-electron chi connectivity index (χ1n) is 3.00. The Labute approximate surface area is 53.8 Å². The summed E-state index contributed by atoms with van der Waals surface area (Å²) in [5, 5.41) is 16.0. The first kappa shape index (κ1) is 6.35. The summed E-state index contributed by atoms with van der Waals surface area (Å²) in [5.74, 6) is -0.0278. The number of aliphatic hydroxyl groups excluding tert-OH is 1. The van der Waals surface area contributed by atoms with E-state index in [1.165, 1.54) is 4.90 Å². The third-order valence-corrected chi connectivity index (χ3v) is 1.53. The van der Waals surface area contributed by atoms with E-state index in [9.17, 15) is 0 Å². The minimum Gasteiger partial charge on any atom is -0.374 e. The number of hydrogen-bond acceptors (Lipinski definition) is 2. The van der Waals surface area contributed by atoms with Crippen LogP contribution < -0.4 is 5.73 Å². The van der Waals surface area contributed by atoms with E-state index in [2.05, 4.69) is 0 Å². The lowest BCUT2D eigenvalue weighted by molar-refractivity contribution is 0.0850. The molecule has 0 radical (unpaired) electrons. The van der Waals surface area contributed by atoms with Crippen LogP contribution in [0.25, 0.3) is 0 Å². The molecule has 1 heterocycles. The molecule has 9 heavy (non-hydrogen) atoms. The Balaban J connectivity index is 2.49. The summed E-state index contributed by atoms with van der Waals surface area (Å²) in [7, 11) is 0. The number of nitrogens with zero attached hydrogens (tertiary/aromatic N) is 1. The molecule has 52 valence electrons. The summed E-state index contributed by atoms with van der Waals surface area (Å²) in [6.07, 6.45) is 1.16. The zero-order valence-electron chi connectivity index (χ0n) is 5.17. The highest BCUT2D eigenvalue weighted by atomic mass is 16.3. The van der Waals surface area contributed by atoms with Crippen LogP contribution in [-0.4, -0.2) is 28.7 Å². The van der Waals surface area contributed by atoms with E-state index < -0.39 is 6.23 Å². The Hall–Kier alpha value is -0.770. The Kier molecular flexibility index (Phi) is 1.57. The second-order valence-electron chi connectivity index (χ2n) is 2.20. The van der Waals surface area contributed by atoms with Crippen molar-refractivity contribution in [1.29, 1.82) is 5.41 Å². The number of rotatable bonds is 0. The molecule has 1 aliphatic heterocycles. The quantitative estimate of drug-likeness (QED) is 0.299. The lowest BCUT2D eigenvalue weighted by Crippen LogP contribution is -2.39. The molecular formula is C5H11N3O. The summed E-state index contributed by atoms with van der Waals surface area (Å²) in [6.45, 7) is 0.719. The van der Waals surface area contributed by atoms with Gasteiger partial charge in [-0.3, -0.25) is 5.41 Å². The van der Waals surface area contributed by atoms with Gasteiger partial charge in [-0.2, -0.15) is 0 Å². The van der Waals surface area contributed by atoms with Gasteiger partial charge in [0.1, 0.15) is 6.23 Å². The molecular weight excluding hydrogens is 118 g/mol. The highest BCUT2D eigenvalue weighted by Gasteiger charge is 2.22. The average molecular weight is 129 g/mol. The van der Waals surface area contributed by atoms with E-state index in [1.807, 2.05) is 0 Å². The first-order valence-corrected chi connectivity index (χ1v) is 3.00. The zero-order chi connectivity index (χ0) is 6.85. The third-order valence-electron chi connectivity index (χ3n) is 1.53. The lowest BCUT2D eigenvalue weighted by Gasteiger charge is -2.18. The van der Waals surface area contributed by atoms with Gasteiger partial charge in [0.15, 0.2) is 5.96 Å². The maximum atomic E-state index is 9.06. The molecule has 1 fully saturated rings. The van der Waals surface area contributed by atoms with Crippen LogP contribution in [0.2, 0.25) is 0 Å². The smallest absolute Gasteiger partial charge is 0.190 e. The molecule has 0 spiro atoms. The van der Waals surface area contributed by atoms with E-state index >= 15 is 0 Å². The van der Waals surface area contributed by atoms with Crippen molar-refractivity contribution in [3.63, 3.8) is 0 Å². The monoisotopic (exact) mass is 129 g/mol.